The van der Waals surface area contributed by atoms with Gasteiger partial charge in [0.2, 0.25) is 0 Å². The van der Waals surface area contributed by atoms with E-state index in [0.717, 1.165) is 59.0 Å². The second-order valence-electron chi connectivity index (χ2n) is 9.04. The lowest BCUT2D eigenvalue weighted by Gasteiger charge is -2.33. The van der Waals surface area contributed by atoms with Gasteiger partial charge in [0, 0.05) is 54.8 Å². The number of hydrogen-bond donors (Lipinski definition) is 0. The van der Waals surface area contributed by atoms with E-state index in [4.69, 9.17) is 9.72 Å². The van der Waals surface area contributed by atoms with Crippen LogP contribution in [0.3, 0.4) is 0 Å². The van der Waals surface area contributed by atoms with E-state index in [1.54, 1.807) is 13.3 Å². The average Bonchev–Trinajstić information content (AvgIpc) is 3.32. The number of ether oxygens (including phenoxy) is 1. The second-order valence-corrected chi connectivity index (χ2v) is 9.04. The predicted molar refractivity (Wildman–Crippen MR) is 137 cm³/mol. The predicted octanol–water partition coefficient (Wildman–Crippen LogP) is 5.33. The number of methoxy groups -OCH3 is 1. The molecule has 1 aliphatic heterocycles. The number of rotatable bonds is 6. The van der Waals surface area contributed by atoms with E-state index in [2.05, 4.69) is 21.7 Å². The molecule has 6 heteroatoms. The van der Waals surface area contributed by atoms with Crippen molar-refractivity contribution < 1.29 is 9.53 Å². The van der Waals surface area contributed by atoms with E-state index in [1.807, 2.05) is 72.6 Å². The van der Waals surface area contributed by atoms with Crippen LogP contribution in [0.15, 0.2) is 79.1 Å². The quantitative estimate of drug-likeness (QED) is 0.385. The number of carbonyl (C=O) groups is 1. The van der Waals surface area contributed by atoms with Crippen molar-refractivity contribution in [3.8, 4) is 17.0 Å². The van der Waals surface area contributed by atoms with Crippen LogP contribution in [0.2, 0.25) is 0 Å². The van der Waals surface area contributed by atoms with Crippen molar-refractivity contribution in [2.24, 2.45) is 0 Å². The monoisotopic (exact) mass is 466 g/mol. The Kier molecular flexibility index (Phi) is 6.62. The Labute approximate surface area is 206 Å². The first-order valence-electron chi connectivity index (χ1n) is 12.1. The van der Waals surface area contributed by atoms with Crippen molar-refractivity contribution in [1.29, 1.82) is 0 Å². The van der Waals surface area contributed by atoms with Crippen LogP contribution in [0.25, 0.3) is 11.3 Å². The summed E-state index contributed by atoms with van der Waals surface area (Å²) >= 11 is 0. The fourth-order valence-corrected chi connectivity index (χ4v) is 4.84. The van der Waals surface area contributed by atoms with Gasteiger partial charge in [-0.05, 0) is 61.7 Å². The summed E-state index contributed by atoms with van der Waals surface area (Å²) in [5.74, 6) is 2.06. The highest BCUT2D eigenvalue weighted by Gasteiger charge is 2.27. The van der Waals surface area contributed by atoms with Crippen molar-refractivity contribution >= 4 is 5.91 Å². The molecule has 6 nitrogen and oxygen atoms in total. The van der Waals surface area contributed by atoms with Crippen molar-refractivity contribution in [3.63, 3.8) is 0 Å². The molecule has 0 N–H and O–H groups in total. The van der Waals surface area contributed by atoms with Gasteiger partial charge < -0.3 is 14.2 Å². The topological polar surface area (TPSA) is 60.2 Å². The van der Waals surface area contributed by atoms with Crippen molar-refractivity contribution in [1.82, 2.24) is 19.4 Å². The molecular formula is C29H30N4O2. The number of aromatic nitrogens is 3. The summed E-state index contributed by atoms with van der Waals surface area (Å²) in [6, 6.07) is 22.0. The van der Waals surface area contributed by atoms with Gasteiger partial charge in [0.1, 0.15) is 11.6 Å². The van der Waals surface area contributed by atoms with Crippen LogP contribution in [-0.4, -0.2) is 45.5 Å². The Morgan fingerprint density at radius 1 is 1.09 bits per heavy atom. The third kappa shape index (κ3) is 4.97. The number of nitrogens with zero attached hydrogens (tertiary/aromatic N) is 4. The molecule has 1 aliphatic rings. The Bertz CT molecular complexity index is 1330. The molecule has 35 heavy (non-hydrogen) atoms. The number of aryl methyl sites for hydroxylation is 1. The lowest BCUT2D eigenvalue weighted by molar-refractivity contribution is 0.0706. The Morgan fingerprint density at radius 3 is 2.77 bits per heavy atom. The second kappa shape index (κ2) is 10.1. The van der Waals surface area contributed by atoms with Gasteiger partial charge in [-0.2, -0.15) is 0 Å². The zero-order chi connectivity index (χ0) is 24.2. The third-order valence-electron chi connectivity index (χ3n) is 6.73. The number of amides is 1. The number of likely N-dealkylation sites (tertiary alicyclic amines) is 1. The highest BCUT2D eigenvalue weighted by Crippen LogP contribution is 2.31. The maximum absolute atomic E-state index is 13.4. The molecule has 1 saturated heterocycles. The normalized spacial score (nSPS) is 15.7. The maximum Gasteiger partial charge on any atom is 0.253 e. The molecule has 0 radical (unpaired) electrons. The van der Waals surface area contributed by atoms with Crippen LogP contribution in [0.5, 0.6) is 5.75 Å². The summed E-state index contributed by atoms with van der Waals surface area (Å²) < 4.78 is 7.62. The van der Waals surface area contributed by atoms with Gasteiger partial charge in [0.05, 0.1) is 12.8 Å². The molecule has 0 spiro atoms. The first kappa shape index (κ1) is 22.8. The van der Waals surface area contributed by atoms with E-state index < -0.39 is 0 Å². The molecule has 4 aromatic rings. The van der Waals surface area contributed by atoms with Crippen LogP contribution in [0.4, 0.5) is 0 Å². The molecule has 1 atom stereocenters. The fourth-order valence-electron chi connectivity index (χ4n) is 4.84. The summed E-state index contributed by atoms with van der Waals surface area (Å²) in [5, 5.41) is 0. The third-order valence-corrected chi connectivity index (χ3v) is 6.73. The first-order chi connectivity index (χ1) is 17.1. The minimum Gasteiger partial charge on any atom is -0.496 e. The Balaban J connectivity index is 1.33. The summed E-state index contributed by atoms with van der Waals surface area (Å²) in [6.07, 6.45) is 5.75. The van der Waals surface area contributed by atoms with Crippen molar-refractivity contribution in [2.45, 2.75) is 32.2 Å². The molecule has 0 bridgehead atoms. The van der Waals surface area contributed by atoms with Gasteiger partial charge in [-0.25, -0.2) is 4.98 Å². The number of hydrogen-bond acceptors (Lipinski definition) is 4. The lowest BCUT2D eigenvalue weighted by Crippen LogP contribution is -2.39. The lowest BCUT2D eigenvalue weighted by atomic mass is 9.93. The molecule has 178 valence electrons. The molecule has 0 saturated carbocycles. The summed E-state index contributed by atoms with van der Waals surface area (Å²) in [4.78, 5) is 24.7. The van der Waals surface area contributed by atoms with E-state index >= 15 is 0 Å². The zero-order valence-corrected chi connectivity index (χ0v) is 20.2. The van der Waals surface area contributed by atoms with E-state index in [0.29, 0.717) is 13.1 Å². The summed E-state index contributed by atoms with van der Waals surface area (Å²) in [7, 11) is 1.68. The molecule has 3 heterocycles. The first-order valence-corrected chi connectivity index (χ1v) is 12.1. The SMILES string of the molecule is COc1ccccc1-c1cccc(C2CCCN(C(=O)c3cccc(Cn4ccnc4C)c3)C2)n1. The van der Waals surface area contributed by atoms with E-state index in [9.17, 15) is 4.79 Å². The number of para-hydroxylation sites is 1. The van der Waals surface area contributed by atoms with Crippen LogP contribution in [0, 0.1) is 6.92 Å². The fraction of sp³-hybridized carbons (Fsp3) is 0.276. The number of benzene rings is 2. The molecule has 1 amide bonds. The van der Waals surface area contributed by atoms with Crippen LogP contribution in [-0.2, 0) is 6.54 Å². The van der Waals surface area contributed by atoms with Crippen LogP contribution in [0.1, 0.15) is 46.2 Å². The van der Waals surface area contributed by atoms with Crippen molar-refractivity contribution in [3.05, 3.63) is 102 Å². The van der Waals surface area contributed by atoms with Crippen molar-refractivity contribution in [2.75, 3.05) is 20.2 Å². The van der Waals surface area contributed by atoms with E-state index in [-0.39, 0.29) is 11.8 Å². The van der Waals surface area contributed by atoms with Crippen LogP contribution >= 0.6 is 0 Å². The molecular weight excluding hydrogens is 436 g/mol. The minimum absolute atomic E-state index is 0.0831. The van der Waals surface area contributed by atoms with Gasteiger partial charge in [-0.3, -0.25) is 9.78 Å². The van der Waals surface area contributed by atoms with Gasteiger partial charge in [0.25, 0.3) is 5.91 Å². The highest BCUT2D eigenvalue weighted by atomic mass is 16.5. The smallest absolute Gasteiger partial charge is 0.253 e. The molecule has 5 rings (SSSR count). The molecule has 2 aromatic heterocycles. The molecule has 1 fully saturated rings. The highest BCUT2D eigenvalue weighted by molar-refractivity contribution is 5.94. The number of imidazole rings is 1. The zero-order valence-electron chi connectivity index (χ0n) is 20.2. The molecule has 1 unspecified atom stereocenters. The van der Waals surface area contributed by atoms with Gasteiger partial charge in [-0.1, -0.05) is 30.3 Å². The van der Waals surface area contributed by atoms with Gasteiger partial charge >= 0.3 is 0 Å². The van der Waals surface area contributed by atoms with Gasteiger partial charge in [-0.15, -0.1) is 0 Å². The van der Waals surface area contributed by atoms with Gasteiger partial charge in [0.15, 0.2) is 0 Å². The maximum atomic E-state index is 13.4. The Morgan fingerprint density at radius 2 is 1.94 bits per heavy atom. The molecule has 0 aliphatic carbocycles. The standard InChI is InChI=1S/C29H30N4O2/c1-21-30-15-17-32(21)19-22-8-5-9-23(18-22)29(34)33-16-7-10-24(20-33)26-12-6-13-27(31-26)25-11-3-4-14-28(25)35-2/h3-6,8-9,11-15,17-18,24H,7,10,16,19-20H2,1-2H3. The van der Waals surface area contributed by atoms with Crippen LogP contribution < -0.4 is 4.74 Å². The summed E-state index contributed by atoms with van der Waals surface area (Å²) in [6.45, 7) is 4.13. The summed E-state index contributed by atoms with van der Waals surface area (Å²) in [5.41, 5.74) is 4.72. The average molecular weight is 467 g/mol. The van der Waals surface area contributed by atoms with E-state index in [1.165, 1.54) is 0 Å². The minimum atomic E-state index is 0.0831. The molecule has 2 aromatic carbocycles. The largest absolute Gasteiger partial charge is 0.496 e. The Hall–Kier alpha value is -3.93. The number of carbonyl (C=O) groups excluding carboxylic acids is 1. The number of piperidine rings is 1. The number of pyridine rings is 1.